The largest absolute Gasteiger partial charge is 0.355 e. The molecule has 0 saturated heterocycles. The average molecular weight is 322 g/mol. The molecule has 0 saturated carbocycles. The van der Waals surface area contributed by atoms with Gasteiger partial charge in [0.15, 0.2) is 0 Å². The van der Waals surface area contributed by atoms with Crippen LogP contribution in [0.1, 0.15) is 6.92 Å². The number of likely N-dealkylation sites (N-methyl/N-ethyl adjacent to an activating group) is 1. The van der Waals surface area contributed by atoms with E-state index in [-0.39, 0.29) is 17.3 Å². The van der Waals surface area contributed by atoms with Crippen LogP contribution in [0.3, 0.4) is 0 Å². The van der Waals surface area contributed by atoms with Crippen molar-refractivity contribution in [3.05, 3.63) is 22.9 Å². The number of pyridine rings is 1. The van der Waals surface area contributed by atoms with Gasteiger partial charge < -0.3 is 5.32 Å². The lowest BCUT2D eigenvalue weighted by atomic mass is 10.5. The van der Waals surface area contributed by atoms with Crippen molar-refractivity contribution in [2.24, 2.45) is 0 Å². The number of sulfonamides is 1. The molecule has 0 spiro atoms. The average Bonchev–Trinajstić information content (AvgIpc) is 2.27. The zero-order chi connectivity index (χ0) is 12.9. The Hall–Kier alpha value is -0.990. The third-order valence-electron chi connectivity index (χ3n) is 1.79. The molecule has 6 nitrogen and oxygen atoms in total. The van der Waals surface area contributed by atoms with Crippen LogP contribution in [0.25, 0.3) is 0 Å². The molecule has 0 radical (unpaired) electrons. The predicted molar refractivity (Wildman–Crippen MR) is 65.8 cm³/mol. The van der Waals surface area contributed by atoms with E-state index in [2.05, 4.69) is 31.0 Å². The van der Waals surface area contributed by atoms with Gasteiger partial charge in [0.25, 0.3) is 0 Å². The fraction of sp³-hybridized carbons (Fsp3) is 0.333. The highest BCUT2D eigenvalue weighted by Gasteiger charge is 2.15. The minimum atomic E-state index is -3.70. The topological polar surface area (TPSA) is 88.2 Å². The van der Waals surface area contributed by atoms with E-state index in [1.54, 1.807) is 6.92 Å². The number of rotatable bonds is 5. The Bertz CT molecular complexity index is 504. The maximum absolute atomic E-state index is 11.7. The van der Waals surface area contributed by atoms with Crippen molar-refractivity contribution in [3.8, 4) is 0 Å². The van der Waals surface area contributed by atoms with Crippen molar-refractivity contribution in [2.75, 3.05) is 13.1 Å². The molecule has 8 heteroatoms. The Balaban J connectivity index is 2.73. The number of nitrogens with one attached hydrogen (secondary N) is 2. The summed E-state index contributed by atoms with van der Waals surface area (Å²) < 4.78 is 26.2. The van der Waals surface area contributed by atoms with Crippen LogP contribution < -0.4 is 10.0 Å². The van der Waals surface area contributed by atoms with Crippen LogP contribution in [0.15, 0.2) is 27.8 Å². The van der Waals surface area contributed by atoms with Gasteiger partial charge in [-0.05, 0) is 28.9 Å². The third-order valence-corrected chi connectivity index (χ3v) is 3.59. The van der Waals surface area contributed by atoms with Crippen LogP contribution in [0.4, 0.5) is 0 Å². The lowest BCUT2D eigenvalue weighted by Crippen LogP contribution is -2.36. The van der Waals surface area contributed by atoms with Crippen LogP contribution >= 0.6 is 15.9 Å². The molecule has 1 rings (SSSR count). The third kappa shape index (κ3) is 4.41. The number of hydrogen-bond donors (Lipinski definition) is 2. The highest BCUT2D eigenvalue weighted by atomic mass is 79.9. The summed E-state index contributed by atoms with van der Waals surface area (Å²) in [6.07, 6.45) is 2.69. The molecule has 0 aliphatic rings. The fourth-order valence-electron chi connectivity index (χ4n) is 1.04. The molecular weight excluding hydrogens is 310 g/mol. The van der Waals surface area contributed by atoms with E-state index in [1.807, 2.05) is 0 Å². The maximum Gasteiger partial charge on any atom is 0.242 e. The molecule has 1 aromatic heterocycles. The van der Waals surface area contributed by atoms with Crippen molar-refractivity contribution in [1.82, 2.24) is 15.0 Å². The Kier molecular flexibility index (Phi) is 5.03. The normalized spacial score (nSPS) is 11.2. The second-order valence-corrected chi connectivity index (χ2v) is 5.80. The highest BCUT2D eigenvalue weighted by molar-refractivity contribution is 9.10. The van der Waals surface area contributed by atoms with Gasteiger partial charge in [-0.15, -0.1) is 0 Å². The van der Waals surface area contributed by atoms with Crippen molar-refractivity contribution in [1.29, 1.82) is 0 Å². The smallest absolute Gasteiger partial charge is 0.242 e. The summed E-state index contributed by atoms with van der Waals surface area (Å²) in [5.74, 6) is -0.376. The van der Waals surface area contributed by atoms with Gasteiger partial charge in [0.2, 0.25) is 15.9 Å². The second kappa shape index (κ2) is 6.08. The van der Waals surface area contributed by atoms with E-state index in [9.17, 15) is 13.2 Å². The Labute approximate surface area is 108 Å². The first kappa shape index (κ1) is 14.1. The number of amides is 1. The Morgan fingerprint density at radius 1 is 1.47 bits per heavy atom. The van der Waals surface area contributed by atoms with Gasteiger partial charge in [-0.1, -0.05) is 0 Å². The fourth-order valence-corrected chi connectivity index (χ4v) is 2.53. The van der Waals surface area contributed by atoms with Gasteiger partial charge in [-0.25, -0.2) is 13.1 Å². The lowest BCUT2D eigenvalue weighted by Gasteiger charge is -2.06. The first-order valence-corrected chi connectivity index (χ1v) is 7.10. The quantitative estimate of drug-likeness (QED) is 0.814. The lowest BCUT2D eigenvalue weighted by molar-refractivity contribution is -0.119. The number of hydrogen-bond acceptors (Lipinski definition) is 4. The molecule has 0 aliphatic carbocycles. The monoisotopic (exact) mass is 321 g/mol. The Morgan fingerprint density at radius 2 is 2.18 bits per heavy atom. The van der Waals surface area contributed by atoms with Crippen LogP contribution in [0.5, 0.6) is 0 Å². The number of halogens is 1. The van der Waals surface area contributed by atoms with E-state index in [0.717, 1.165) is 0 Å². The first-order chi connectivity index (χ1) is 7.95. The van der Waals surface area contributed by atoms with Crippen molar-refractivity contribution >= 4 is 31.9 Å². The zero-order valence-corrected chi connectivity index (χ0v) is 11.5. The van der Waals surface area contributed by atoms with Crippen molar-refractivity contribution < 1.29 is 13.2 Å². The number of carbonyl (C=O) groups excluding carboxylic acids is 1. The summed E-state index contributed by atoms with van der Waals surface area (Å²) in [5, 5.41) is 2.49. The summed E-state index contributed by atoms with van der Waals surface area (Å²) in [4.78, 5) is 14.9. The molecule has 1 heterocycles. The van der Waals surface area contributed by atoms with Crippen LogP contribution in [0, 0.1) is 0 Å². The standard InChI is InChI=1S/C9H12BrN3O3S/c1-2-12-9(14)6-13-17(15,16)8-3-7(10)4-11-5-8/h3-5,13H,2,6H2,1H3,(H,12,14). The van der Waals surface area contributed by atoms with E-state index in [1.165, 1.54) is 18.5 Å². The molecule has 0 aromatic carbocycles. The molecule has 0 unspecified atom stereocenters. The van der Waals surface area contributed by atoms with Gasteiger partial charge in [0, 0.05) is 23.4 Å². The number of nitrogens with zero attached hydrogens (tertiary/aromatic N) is 1. The minimum Gasteiger partial charge on any atom is -0.355 e. The van der Waals surface area contributed by atoms with Crippen molar-refractivity contribution in [3.63, 3.8) is 0 Å². The molecule has 94 valence electrons. The molecule has 0 aliphatic heterocycles. The van der Waals surface area contributed by atoms with Crippen LogP contribution in [-0.4, -0.2) is 32.4 Å². The predicted octanol–water partition coefficient (Wildman–Crippen LogP) is 0.259. The maximum atomic E-state index is 11.7. The van der Waals surface area contributed by atoms with E-state index >= 15 is 0 Å². The second-order valence-electron chi connectivity index (χ2n) is 3.12. The van der Waals surface area contributed by atoms with E-state index in [4.69, 9.17) is 0 Å². The summed E-state index contributed by atoms with van der Waals surface area (Å²) >= 11 is 3.13. The van der Waals surface area contributed by atoms with Crippen molar-refractivity contribution in [2.45, 2.75) is 11.8 Å². The van der Waals surface area contributed by atoms with Gasteiger partial charge in [-0.2, -0.15) is 0 Å². The van der Waals surface area contributed by atoms with Crippen LogP contribution in [-0.2, 0) is 14.8 Å². The Morgan fingerprint density at radius 3 is 2.76 bits per heavy atom. The highest BCUT2D eigenvalue weighted by Crippen LogP contribution is 2.13. The van der Waals surface area contributed by atoms with Gasteiger partial charge in [-0.3, -0.25) is 9.78 Å². The molecule has 0 fully saturated rings. The summed E-state index contributed by atoms with van der Waals surface area (Å²) in [6.45, 7) is 1.92. The summed E-state index contributed by atoms with van der Waals surface area (Å²) in [6, 6.07) is 1.41. The molecule has 0 bridgehead atoms. The van der Waals surface area contributed by atoms with E-state index < -0.39 is 10.0 Å². The summed E-state index contributed by atoms with van der Waals surface area (Å²) in [5.41, 5.74) is 0. The van der Waals surface area contributed by atoms with Gasteiger partial charge in [0.1, 0.15) is 4.90 Å². The molecule has 17 heavy (non-hydrogen) atoms. The zero-order valence-electron chi connectivity index (χ0n) is 9.10. The molecule has 2 N–H and O–H groups in total. The van der Waals surface area contributed by atoms with E-state index in [0.29, 0.717) is 11.0 Å². The number of carbonyl (C=O) groups is 1. The molecule has 1 amide bonds. The van der Waals surface area contributed by atoms with Crippen LogP contribution in [0.2, 0.25) is 0 Å². The summed E-state index contributed by atoms with van der Waals surface area (Å²) in [7, 11) is -3.70. The number of aromatic nitrogens is 1. The first-order valence-electron chi connectivity index (χ1n) is 4.82. The molecular formula is C9H12BrN3O3S. The molecule has 0 atom stereocenters. The van der Waals surface area contributed by atoms with Gasteiger partial charge in [0.05, 0.1) is 6.54 Å². The van der Waals surface area contributed by atoms with Gasteiger partial charge >= 0.3 is 0 Å². The minimum absolute atomic E-state index is 0.0103. The SMILES string of the molecule is CCNC(=O)CNS(=O)(=O)c1cncc(Br)c1. The molecule has 1 aromatic rings.